The van der Waals surface area contributed by atoms with Crippen molar-refractivity contribution >= 4 is 17.5 Å². The third-order valence-corrected chi connectivity index (χ3v) is 5.77. The number of ether oxygens (including phenoxy) is 1. The predicted molar refractivity (Wildman–Crippen MR) is 123 cm³/mol. The molecule has 2 atom stereocenters. The summed E-state index contributed by atoms with van der Waals surface area (Å²) in [6.45, 7) is -0.159. The molecule has 2 aromatic carbocycles. The summed E-state index contributed by atoms with van der Waals surface area (Å²) in [4.78, 5) is 29.0. The number of hydrogen-bond acceptors (Lipinski definition) is 7. The van der Waals surface area contributed by atoms with Crippen molar-refractivity contribution in [2.45, 2.75) is 31.1 Å². The molecule has 1 aliphatic heterocycles. The van der Waals surface area contributed by atoms with E-state index >= 15 is 0 Å². The van der Waals surface area contributed by atoms with Crippen LogP contribution in [0.3, 0.4) is 0 Å². The number of aromatic nitrogens is 2. The molecule has 0 spiro atoms. The number of amides is 1. The zero-order chi connectivity index (χ0) is 26.7. The summed E-state index contributed by atoms with van der Waals surface area (Å²) in [5.41, 5.74) is 3.55. The van der Waals surface area contributed by atoms with E-state index in [1.54, 1.807) is 30.3 Å². The van der Waals surface area contributed by atoms with Crippen LogP contribution in [-0.4, -0.2) is 21.5 Å². The number of hydrogen-bond donors (Lipinski definition) is 2. The van der Waals surface area contributed by atoms with Crippen LogP contribution < -0.4 is 21.1 Å². The molecule has 2 heterocycles. The lowest BCUT2D eigenvalue weighted by atomic mass is 9.89. The Kier molecular flexibility index (Phi) is 7.16. The van der Waals surface area contributed by atoms with Crippen molar-refractivity contribution in [3.05, 3.63) is 86.6 Å². The summed E-state index contributed by atoms with van der Waals surface area (Å²) < 4.78 is 47.1. The van der Waals surface area contributed by atoms with E-state index in [9.17, 15) is 22.8 Å². The second-order valence-corrected chi connectivity index (χ2v) is 8.56. The molecule has 1 aromatic heterocycles. The van der Waals surface area contributed by atoms with Gasteiger partial charge in [0.25, 0.3) is 5.56 Å². The molecule has 1 fully saturated rings. The number of nitriles is 2. The van der Waals surface area contributed by atoms with Gasteiger partial charge in [-0.2, -0.15) is 23.7 Å². The van der Waals surface area contributed by atoms with Gasteiger partial charge in [-0.25, -0.2) is 10.4 Å². The van der Waals surface area contributed by atoms with E-state index in [-0.39, 0.29) is 35.2 Å². The third-order valence-electron chi connectivity index (χ3n) is 5.56. The third kappa shape index (κ3) is 5.72. The van der Waals surface area contributed by atoms with E-state index in [1.165, 1.54) is 6.07 Å². The first kappa shape index (κ1) is 25.7. The lowest BCUT2D eigenvalue weighted by Gasteiger charge is -2.30. The maximum absolute atomic E-state index is 13.6. The molecule has 9 nitrogen and oxygen atoms in total. The van der Waals surface area contributed by atoms with Gasteiger partial charge in [0.2, 0.25) is 11.7 Å². The minimum Gasteiger partial charge on any atom is -0.449 e. The van der Waals surface area contributed by atoms with Gasteiger partial charge in [0.15, 0.2) is 5.69 Å². The van der Waals surface area contributed by atoms with Crippen LogP contribution in [0.2, 0.25) is 5.02 Å². The molecule has 0 saturated carbocycles. The summed E-state index contributed by atoms with van der Waals surface area (Å²) in [6.07, 6.45) is -4.07. The minimum atomic E-state index is -5.00. The second kappa shape index (κ2) is 10.3. The molecule has 0 bridgehead atoms. The topological polar surface area (TPSA) is 133 Å². The Labute approximate surface area is 212 Å². The Morgan fingerprint density at radius 3 is 2.59 bits per heavy atom. The second-order valence-electron chi connectivity index (χ2n) is 8.12. The quantitative estimate of drug-likeness (QED) is 0.516. The van der Waals surface area contributed by atoms with Crippen molar-refractivity contribution in [3.63, 3.8) is 0 Å². The fraction of sp³-hybridized carbons (Fsp3) is 0.208. The standard InChI is InChI=1S/C24H16ClF3N6O3/c25-16-5-14(10-30)6-18(7-16)37-20-21(24(26,27)28)31-12-34(23(20)36)11-17-8-19(22(35)33-32-17)15-3-1-2-13(4-15)9-29/h1-7,12,17,19,32H,8,11H2,(H,33,35). The average Bonchev–Trinajstić information content (AvgIpc) is 2.86. The van der Waals surface area contributed by atoms with E-state index in [0.717, 1.165) is 23.0 Å². The molecule has 188 valence electrons. The maximum atomic E-state index is 13.6. The van der Waals surface area contributed by atoms with Crippen LogP contribution in [0.25, 0.3) is 0 Å². The highest BCUT2D eigenvalue weighted by atomic mass is 35.5. The number of alkyl halides is 3. The van der Waals surface area contributed by atoms with Crippen molar-refractivity contribution in [3.8, 4) is 23.6 Å². The molecule has 37 heavy (non-hydrogen) atoms. The zero-order valence-corrected chi connectivity index (χ0v) is 19.5. The van der Waals surface area contributed by atoms with Crippen molar-refractivity contribution in [2.24, 2.45) is 0 Å². The molecule has 4 rings (SSSR count). The lowest BCUT2D eigenvalue weighted by molar-refractivity contribution is -0.142. The van der Waals surface area contributed by atoms with Crippen LogP contribution in [0.1, 0.15) is 34.7 Å². The number of benzene rings is 2. The maximum Gasteiger partial charge on any atom is 0.437 e. The lowest BCUT2D eigenvalue weighted by Crippen LogP contribution is -2.54. The first-order valence-corrected chi connectivity index (χ1v) is 11.1. The molecule has 1 amide bonds. The fourth-order valence-electron chi connectivity index (χ4n) is 3.88. The summed E-state index contributed by atoms with van der Waals surface area (Å²) in [5, 5.41) is 18.3. The average molecular weight is 529 g/mol. The molecule has 1 aliphatic rings. The van der Waals surface area contributed by atoms with Crippen molar-refractivity contribution in [1.82, 2.24) is 20.4 Å². The SMILES string of the molecule is N#Cc1cc(Cl)cc(Oc2c(C(F)(F)F)ncn(CC3CC(c4cccc(C#N)c4)C(=O)NN3)c2=O)c1. The number of carbonyl (C=O) groups excluding carboxylic acids is 1. The van der Waals surface area contributed by atoms with E-state index in [1.807, 2.05) is 6.07 Å². The van der Waals surface area contributed by atoms with Gasteiger partial charge in [0.05, 0.1) is 35.5 Å². The Hall–Kier alpha value is -4.39. The van der Waals surface area contributed by atoms with Crippen LogP contribution in [0, 0.1) is 22.7 Å². The monoisotopic (exact) mass is 528 g/mol. The van der Waals surface area contributed by atoms with E-state index in [4.69, 9.17) is 26.9 Å². The highest BCUT2D eigenvalue weighted by molar-refractivity contribution is 6.30. The first-order valence-electron chi connectivity index (χ1n) is 10.7. The number of hydrazine groups is 1. The molecule has 3 aromatic rings. The smallest absolute Gasteiger partial charge is 0.437 e. The van der Waals surface area contributed by atoms with Crippen LogP contribution >= 0.6 is 11.6 Å². The van der Waals surface area contributed by atoms with Gasteiger partial charge in [-0.3, -0.25) is 19.6 Å². The van der Waals surface area contributed by atoms with E-state index < -0.39 is 35.1 Å². The molecule has 2 unspecified atom stereocenters. The van der Waals surface area contributed by atoms with Crippen molar-refractivity contribution < 1.29 is 22.7 Å². The fourth-order valence-corrected chi connectivity index (χ4v) is 4.10. The van der Waals surface area contributed by atoms with Crippen molar-refractivity contribution in [1.29, 1.82) is 10.5 Å². The highest BCUT2D eigenvalue weighted by Gasteiger charge is 2.39. The number of nitrogens with zero attached hydrogens (tertiary/aromatic N) is 4. The van der Waals surface area contributed by atoms with Crippen LogP contribution in [0.4, 0.5) is 13.2 Å². The molecular formula is C24H16ClF3N6O3. The number of rotatable bonds is 5. The largest absolute Gasteiger partial charge is 0.449 e. The van der Waals surface area contributed by atoms with Gasteiger partial charge < -0.3 is 4.74 Å². The van der Waals surface area contributed by atoms with Gasteiger partial charge in [0.1, 0.15) is 5.75 Å². The van der Waals surface area contributed by atoms with Crippen molar-refractivity contribution in [2.75, 3.05) is 0 Å². The first-order chi connectivity index (χ1) is 17.6. The molecule has 0 radical (unpaired) electrons. The summed E-state index contributed by atoms with van der Waals surface area (Å²) in [5.74, 6) is -2.35. The van der Waals surface area contributed by atoms with Gasteiger partial charge in [-0.15, -0.1) is 0 Å². The Morgan fingerprint density at radius 2 is 1.89 bits per heavy atom. The zero-order valence-electron chi connectivity index (χ0n) is 18.7. The number of nitrogens with one attached hydrogen (secondary N) is 2. The number of carbonyl (C=O) groups is 1. The molecule has 2 N–H and O–H groups in total. The molecule has 13 heteroatoms. The predicted octanol–water partition coefficient (Wildman–Crippen LogP) is 3.63. The van der Waals surface area contributed by atoms with Crippen LogP contribution in [0.5, 0.6) is 11.5 Å². The minimum absolute atomic E-state index is 0.0222. The van der Waals surface area contributed by atoms with Crippen LogP contribution in [-0.2, 0) is 17.5 Å². The highest BCUT2D eigenvalue weighted by Crippen LogP contribution is 2.35. The van der Waals surface area contributed by atoms with Gasteiger partial charge in [-0.1, -0.05) is 23.7 Å². The molecule has 1 saturated heterocycles. The van der Waals surface area contributed by atoms with Gasteiger partial charge >= 0.3 is 6.18 Å². The Balaban J connectivity index is 1.65. The van der Waals surface area contributed by atoms with E-state index in [2.05, 4.69) is 15.8 Å². The number of halogens is 4. The molecule has 0 aliphatic carbocycles. The normalized spacial score (nSPS) is 17.4. The molecular weight excluding hydrogens is 513 g/mol. The van der Waals surface area contributed by atoms with Crippen LogP contribution in [0.15, 0.2) is 53.6 Å². The Bertz CT molecular complexity index is 1510. The summed E-state index contributed by atoms with van der Waals surface area (Å²) in [7, 11) is 0. The summed E-state index contributed by atoms with van der Waals surface area (Å²) in [6, 6.07) is 13.3. The van der Waals surface area contributed by atoms with Gasteiger partial charge in [-0.05, 0) is 42.3 Å². The summed E-state index contributed by atoms with van der Waals surface area (Å²) >= 11 is 5.91. The van der Waals surface area contributed by atoms with E-state index in [0.29, 0.717) is 11.1 Å². The van der Waals surface area contributed by atoms with Gasteiger partial charge in [0, 0.05) is 17.6 Å². The Morgan fingerprint density at radius 1 is 1.14 bits per heavy atom.